The highest BCUT2D eigenvalue weighted by Crippen LogP contribution is 2.57. The van der Waals surface area contributed by atoms with Gasteiger partial charge in [0.2, 0.25) is 0 Å². The number of nitrogens with zero attached hydrogens (tertiary/aromatic N) is 3. The molecule has 0 fully saturated rings. The summed E-state index contributed by atoms with van der Waals surface area (Å²) in [6, 6.07) is 51.0. The lowest BCUT2D eigenvalue weighted by Crippen LogP contribution is -2.61. The van der Waals surface area contributed by atoms with E-state index in [1.807, 2.05) is 0 Å². The molecule has 3 heterocycles. The zero-order chi connectivity index (χ0) is 48.8. The van der Waals surface area contributed by atoms with Crippen molar-refractivity contribution in [3.8, 4) is 0 Å². The second-order valence-electron chi connectivity index (χ2n) is 25.6. The average molecular weight is 910 g/mol. The topological polar surface area (TPSA) is 22.9 Å². The predicted octanol–water partition coefficient (Wildman–Crippen LogP) is 16.1. The first kappa shape index (κ1) is 45.5. The molecule has 0 N–H and O–H groups in total. The molecule has 4 aliphatic rings. The Morgan fingerprint density at radius 1 is 0.478 bits per heavy atom. The number of rotatable bonds is 5. The fraction of sp³-hybridized carbons (Fsp3) is 0.375. The molecule has 0 amide bonds. The maximum absolute atomic E-state index is 7.79. The van der Waals surface area contributed by atoms with Gasteiger partial charge in [-0.15, -0.1) is 0 Å². The third-order valence-corrected chi connectivity index (χ3v) is 16.8. The zero-order valence-corrected chi connectivity index (χ0v) is 43.9. The Balaban J connectivity index is 1.32. The van der Waals surface area contributed by atoms with Crippen LogP contribution in [0.1, 0.15) is 156 Å². The molecule has 0 bridgehead atoms. The van der Waals surface area contributed by atoms with E-state index >= 15 is 0 Å². The molecule has 0 saturated heterocycles. The van der Waals surface area contributed by atoms with Gasteiger partial charge in [0.15, 0.2) is 0 Å². The van der Waals surface area contributed by atoms with Gasteiger partial charge in [-0.3, -0.25) is 0 Å². The highest BCUT2D eigenvalue weighted by Gasteiger charge is 2.53. The van der Waals surface area contributed by atoms with Gasteiger partial charge in [-0.25, -0.2) is 0 Å². The molecule has 0 spiro atoms. The molecule has 7 aromatic rings. The summed E-state index contributed by atoms with van der Waals surface area (Å²) in [6.45, 7) is 33.3. The fourth-order valence-electron chi connectivity index (χ4n) is 12.3. The van der Waals surface area contributed by atoms with Gasteiger partial charge in [-0.1, -0.05) is 164 Å². The van der Waals surface area contributed by atoms with E-state index in [-0.39, 0.29) is 39.2 Å². The van der Waals surface area contributed by atoms with E-state index in [9.17, 15) is 0 Å². The second kappa shape index (κ2) is 15.3. The van der Waals surface area contributed by atoms with Crippen molar-refractivity contribution >= 4 is 74.5 Å². The van der Waals surface area contributed by atoms with Gasteiger partial charge in [-0.05, 0) is 153 Å². The molecule has 1 aromatic heterocycles. The molecule has 0 unspecified atom stereocenters. The summed E-state index contributed by atoms with van der Waals surface area (Å²) in [7, 11) is 0. The summed E-state index contributed by atoms with van der Waals surface area (Å²) in [5, 5.41) is 0. The Morgan fingerprint density at radius 3 is 1.43 bits per heavy atom. The van der Waals surface area contributed by atoms with Gasteiger partial charge >= 0.3 is 0 Å². The van der Waals surface area contributed by atoms with Crippen LogP contribution in [0.2, 0.25) is 0 Å². The minimum Gasteiger partial charge on any atom is -0.472 e. The van der Waals surface area contributed by atoms with Crippen LogP contribution in [0, 0.1) is 0 Å². The molecule has 6 aromatic carbocycles. The third kappa shape index (κ3) is 7.22. The quantitative estimate of drug-likeness (QED) is 0.161. The first-order chi connectivity index (χ1) is 32.5. The first-order valence-corrected chi connectivity index (χ1v) is 25.7. The van der Waals surface area contributed by atoms with E-state index in [4.69, 9.17) is 4.42 Å². The molecule has 0 saturated carbocycles. The monoisotopic (exact) mass is 910 g/mol. The number of hydrogen-bond acceptors (Lipinski definition) is 4. The number of hydrogen-bond donors (Lipinski definition) is 0. The van der Waals surface area contributed by atoms with Gasteiger partial charge < -0.3 is 19.1 Å². The number of benzene rings is 6. The number of anilines is 9. The van der Waals surface area contributed by atoms with E-state index in [2.05, 4.69) is 245 Å². The van der Waals surface area contributed by atoms with Crippen LogP contribution in [0.3, 0.4) is 0 Å². The average Bonchev–Trinajstić information content (AvgIpc) is 3.73. The molecule has 69 heavy (non-hydrogen) atoms. The van der Waals surface area contributed by atoms with Crippen molar-refractivity contribution in [2.45, 2.75) is 155 Å². The van der Waals surface area contributed by atoms with E-state index in [1.165, 1.54) is 61.5 Å². The van der Waals surface area contributed by atoms with Crippen LogP contribution < -0.4 is 31.3 Å². The summed E-state index contributed by atoms with van der Waals surface area (Å²) >= 11 is 0. The largest absolute Gasteiger partial charge is 0.472 e. The van der Waals surface area contributed by atoms with Crippen LogP contribution in [0.25, 0.3) is 0 Å². The molecule has 352 valence electrons. The van der Waals surface area contributed by atoms with E-state index in [0.29, 0.717) is 0 Å². The molecule has 4 nitrogen and oxygen atoms in total. The molecular weight excluding hydrogens is 838 g/mol. The summed E-state index contributed by atoms with van der Waals surface area (Å²) in [5.74, 6) is 1.14. The van der Waals surface area contributed by atoms with Crippen molar-refractivity contribution in [2.75, 3.05) is 14.7 Å². The SMILES string of the molecule is CC(C)(C)c1ccc(N2c3cc4c(cc3B3c5oc6c(c5N(c5ccc(C(C)(C)C)cc5)c5cc(N(c7ccccc7)c7ccccc7)cc2c53)C(C)(C)CCC6(C)C)C(C)(C)CCC4(C)C)cc1. The van der Waals surface area contributed by atoms with Gasteiger partial charge in [0.1, 0.15) is 5.76 Å². The molecule has 11 rings (SSSR count). The van der Waals surface area contributed by atoms with Gasteiger partial charge in [-0.2, -0.15) is 0 Å². The lowest BCUT2D eigenvalue weighted by atomic mass is 9.35. The minimum atomic E-state index is -0.144. The lowest BCUT2D eigenvalue weighted by molar-refractivity contribution is 0.282. The van der Waals surface area contributed by atoms with Gasteiger partial charge in [0.05, 0.1) is 17.0 Å². The molecule has 0 radical (unpaired) electrons. The molecule has 5 heteroatoms. The highest BCUT2D eigenvalue weighted by atomic mass is 16.3. The minimum absolute atomic E-state index is 0.0106. The summed E-state index contributed by atoms with van der Waals surface area (Å²) < 4.78 is 7.79. The molecule has 2 aliphatic heterocycles. The van der Waals surface area contributed by atoms with E-state index in [1.54, 1.807) is 0 Å². The van der Waals surface area contributed by atoms with Crippen LogP contribution in [0.4, 0.5) is 51.2 Å². The Kier molecular flexibility index (Phi) is 10.1. The van der Waals surface area contributed by atoms with Crippen molar-refractivity contribution in [1.82, 2.24) is 0 Å². The highest BCUT2D eigenvalue weighted by molar-refractivity contribution is 6.99. The van der Waals surface area contributed by atoms with Crippen molar-refractivity contribution in [3.05, 3.63) is 167 Å². The standard InChI is InChI=1S/C64H72BN3O/c1-59(2,3)41-25-29-45(30-26-41)67-51-40-49-48(61(7,8)33-34-62(49,9)10)39-50(51)65-55-52(67)37-47(66(43-21-17-15-18-22-43)44-23-19-16-20-24-44)38-53(55)68(46-31-27-42(28-32-46)60(4,5)6)56-54-57(69-58(56)65)64(13,14)36-35-63(54,11)12/h15-32,37-40H,33-36H2,1-14H3. The Hall–Kier alpha value is -5.94. The van der Waals surface area contributed by atoms with Crippen molar-refractivity contribution in [3.63, 3.8) is 0 Å². The smallest absolute Gasteiger partial charge is 0.297 e. The summed E-state index contributed by atoms with van der Waals surface area (Å²) in [6.07, 6.45) is 4.45. The zero-order valence-electron chi connectivity index (χ0n) is 43.9. The fourth-order valence-corrected chi connectivity index (χ4v) is 12.3. The summed E-state index contributed by atoms with van der Waals surface area (Å²) in [5.41, 5.74) is 20.9. The van der Waals surface area contributed by atoms with Crippen molar-refractivity contribution < 1.29 is 4.42 Å². The molecule has 2 aliphatic carbocycles. The van der Waals surface area contributed by atoms with Crippen LogP contribution in [-0.2, 0) is 32.5 Å². The number of furan rings is 1. The molecular formula is C64H72BN3O. The van der Waals surface area contributed by atoms with Crippen LogP contribution in [0.5, 0.6) is 0 Å². The maximum Gasteiger partial charge on any atom is 0.297 e. The van der Waals surface area contributed by atoms with E-state index < -0.39 is 0 Å². The van der Waals surface area contributed by atoms with Crippen LogP contribution >= 0.6 is 0 Å². The third-order valence-electron chi connectivity index (χ3n) is 16.8. The van der Waals surface area contributed by atoms with E-state index in [0.717, 1.165) is 65.5 Å². The lowest BCUT2D eigenvalue weighted by Gasteiger charge is -2.47. The maximum atomic E-state index is 7.79. The second-order valence-corrected chi connectivity index (χ2v) is 25.6. The van der Waals surface area contributed by atoms with Gasteiger partial charge in [0.25, 0.3) is 6.71 Å². The Bertz CT molecular complexity index is 3080. The molecule has 0 atom stereocenters. The van der Waals surface area contributed by atoms with Crippen LogP contribution in [0.15, 0.2) is 138 Å². The number of para-hydroxylation sites is 2. The number of fused-ring (bicyclic) bond motifs is 7. The first-order valence-electron chi connectivity index (χ1n) is 25.7. The van der Waals surface area contributed by atoms with Crippen LogP contribution in [-0.4, -0.2) is 6.71 Å². The van der Waals surface area contributed by atoms with Crippen molar-refractivity contribution in [1.29, 1.82) is 0 Å². The normalized spacial score (nSPS) is 18.1. The van der Waals surface area contributed by atoms with Crippen molar-refractivity contribution in [2.24, 2.45) is 0 Å². The Morgan fingerprint density at radius 2 is 0.928 bits per heavy atom. The Labute approximate surface area is 413 Å². The van der Waals surface area contributed by atoms with Gasteiger partial charge in [0, 0.05) is 50.8 Å². The summed E-state index contributed by atoms with van der Waals surface area (Å²) in [4.78, 5) is 7.70. The predicted molar refractivity (Wildman–Crippen MR) is 295 cm³/mol.